The number of benzene rings is 1. The van der Waals surface area contributed by atoms with Crippen LogP contribution in [0, 0.1) is 0 Å². The third-order valence-corrected chi connectivity index (χ3v) is 6.20. The molecule has 1 saturated carbocycles. The molecule has 3 heterocycles. The zero-order valence-corrected chi connectivity index (χ0v) is 20.9. The number of pyridine rings is 2. The summed E-state index contributed by atoms with van der Waals surface area (Å²) in [6, 6.07) is 11.9. The Morgan fingerprint density at radius 1 is 1.08 bits per heavy atom. The summed E-state index contributed by atoms with van der Waals surface area (Å²) in [5, 5.41) is 14.7. The van der Waals surface area contributed by atoms with Gasteiger partial charge in [-0.1, -0.05) is 25.3 Å². The van der Waals surface area contributed by atoms with Crippen molar-refractivity contribution < 1.29 is 24.1 Å². The Balaban J connectivity index is 0.000000173. The van der Waals surface area contributed by atoms with Crippen LogP contribution < -0.4 is 30.6 Å². The molecule has 0 saturated heterocycles. The van der Waals surface area contributed by atoms with Gasteiger partial charge in [0.25, 0.3) is 0 Å². The van der Waals surface area contributed by atoms with Crippen LogP contribution in [0.3, 0.4) is 0 Å². The summed E-state index contributed by atoms with van der Waals surface area (Å²) >= 11 is 0. The lowest BCUT2D eigenvalue weighted by molar-refractivity contribution is 0.171. The molecule has 0 spiro atoms. The maximum absolute atomic E-state index is 10.7. The third kappa shape index (κ3) is 7.93. The van der Waals surface area contributed by atoms with Gasteiger partial charge >= 0.3 is 6.09 Å². The second-order valence-electron chi connectivity index (χ2n) is 8.99. The zero-order valence-electron chi connectivity index (χ0n) is 20.9. The molecule has 1 aromatic carbocycles. The number of carboxylic acid groups (broad SMARTS) is 1. The van der Waals surface area contributed by atoms with Gasteiger partial charge in [-0.2, -0.15) is 0 Å². The number of ether oxygens (including phenoxy) is 3. The Hall–Kier alpha value is -3.63. The van der Waals surface area contributed by atoms with Crippen LogP contribution in [0.25, 0.3) is 11.0 Å². The van der Waals surface area contributed by atoms with E-state index >= 15 is 0 Å². The SMILES string of the molecule is NCCCOc1ccc2nccc(NC(=O)O)c2n1.c1cc2c(cc1CNC1CCCCC1)OCCO2. The summed E-state index contributed by atoms with van der Waals surface area (Å²) in [7, 11) is 0. The van der Waals surface area contributed by atoms with Gasteiger partial charge in [0.05, 0.1) is 17.8 Å². The van der Waals surface area contributed by atoms with Crippen molar-refractivity contribution in [1.82, 2.24) is 15.3 Å². The first-order valence-electron chi connectivity index (χ1n) is 12.8. The van der Waals surface area contributed by atoms with Crippen LogP contribution in [0.4, 0.5) is 10.5 Å². The Morgan fingerprint density at radius 2 is 1.89 bits per heavy atom. The van der Waals surface area contributed by atoms with Crippen LogP contribution in [-0.4, -0.2) is 53.6 Å². The molecule has 0 radical (unpaired) electrons. The summed E-state index contributed by atoms with van der Waals surface area (Å²) in [5.41, 5.74) is 8.08. The third-order valence-electron chi connectivity index (χ3n) is 6.20. The van der Waals surface area contributed by atoms with Crippen LogP contribution in [-0.2, 0) is 6.54 Å². The molecule has 1 aliphatic heterocycles. The van der Waals surface area contributed by atoms with Crippen molar-refractivity contribution in [3.63, 3.8) is 0 Å². The minimum absolute atomic E-state index is 0.377. The Bertz CT molecular complexity index is 1170. The van der Waals surface area contributed by atoms with Crippen molar-refractivity contribution in [2.45, 2.75) is 51.1 Å². The number of aromatic nitrogens is 2. The lowest BCUT2D eigenvalue weighted by Gasteiger charge is -2.23. The Kier molecular flexibility index (Phi) is 9.73. The molecule has 0 unspecified atom stereocenters. The van der Waals surface area contributed by atoms with E-state index in [-0.39, 0.29) is 0 Å². The monoisotopic (exact) mass is 509 g/mol. The molecule has 5 N–H and O–H groups in total. The van der Waals surface area contributed by atoms with Gasteiger partial charge in [0.2, 0.25) is 5.88 Å². The normalized spacial score (nSPS) is 14.9. The maximum atomic E-state index is 10.7. The topological polar surface area (TPSA) is 141 Å². The van der Waals surface area contributed by atoms with Crippen LogP contribution in [0.2, 0.25) is 0 Å². The quantitative estimate of drug-likeness (QED) is 0.327. The fourth-order valence-electron chi connectivity index (χ4n) is 4.33. The van der Waals surface area contributed by atoms with Gasteiger partial charge in [-0.15, -0.1) is 0 Å². The van der Waals surface area contributed by atoms with Gasteiger partial charge in [-0.25, -0.2) is 9.78 Å². The molecule has 0 atom stereocenters. The van der Waals surface area contributed by atoms with Crippen molar-refractivity contribution >= 4 is 22.8 Å². The predicted octanol–water partition coefficient (Wildman–Crippen LogP) is 4.33. The highest BCUT2D eigenvalue weighted by molar-refractivity contribution is 5.95. The van der Waals surface area contributed by atoms with E-state index in [1.807, 2.05) is 6.07 Å². The first-order valence-corrected chi connectivity index (χ1v) is 12.8. The standard InChI is InChI=1S/C15H21NO2.C12H14N4O3/c1-2-4-13(5-3-1)16-11-12-6-7-14-15(10-12)18-9-8-17-14;13-5-1-7-19-10-3-2-8-11(16-10)9(4-6-14-8)15-12(17)18/h6-7,10,13,16H,1-5,8-9,11H2;2-4,6H,1,5,7,13H2,(H,14,15)(H,17,18). The lowest BCUT2D eigenvalue weighted by Crippen LogP contribution is -2.30. The fourth-order valence-corrected chi connectivity index (χ4v) is 4.33. The molecule has 0 bridgehead atoms. The van der Waals surface area contributed by atoms with Gasteiger partial charge in [-0.3, -0.25) is 10.3 Å². The molecule has 2 aromatic heterocycles. The van der Waals surface area contributed by atoms with E-state index in [1.165, 1.54) is 43.9 Å². The van der Waals surface area contributed by atoms with Crippen molar-refractivity contribution in [3.8, 4) is 17.4 Å². The number of nitrogens with two attached hydrogens (primary N) is 1. The summed E-state index contributed by atoms with van der Waals surface area (Å²) in [6.07, 6.45) is 7.90. The molecular formula is C27H35N5O5. The molecular weight excluding hydrogens is 474 g/mol. The van der Waals surface area contributed by atoms with E-state index in [0.717, 1.165) is 24.5 Å². The average molecular weight is 510 g/mol. The van der Waals surface area contributed by atoms with Crippen LogP contribution in [0.1, 0.15) is 44.1 Å². The van der Waals surface area contributed by atoms with E-state index < -0.39 is 6.09 Å². The van der Waals surface area contributed by atoms with Gasteiger partial charge < -0.3 is 30.4 Å². The molecule has 1 fully saturated rings. The minimum atomic E-state index is -1.15. The van der Waals surface area contributed by atoms with Crippen molar-refractivity contribution in [2.75, 3.05) is 31.7 Å². The van der Waals surface area contributed by atoms with E-state index in [2.05, 4.69) is 32.7 Å². The van der Waals surface area contributed by atoms with Gasteiger partial charge in [-0.05, 0) is 55.6 Å². The van der Waals surface area contributed by atoms with Crippen molar-refractivity contribution in [3.05, 3.63) is 48.2 Å². The minimum Gasteiger partial charge on any atom is -0.486 e. The Labute approximate surface area is 216 Å². The number of hydrogen-bond donors (Lipinski definition) is 4. The van der Waals surface area contributed by atoms with E-state index in [4.69, 9.17) is 25.1 Å². The van der Waals surface area contributed by atoms with E-state index in [1.54, 1.807) is 18.2 Å². The van der Waals surface area contributed by atoms with Crippen molar-refractivity contribution in [2.24, 2.45) is 5.73 Å². The van der Waals surface area contributed by atoms with Crippen molar-refractivity contribution in [1.29, 1.82) is 0 Å². The predicted molar refractivity (Wildman–Crippen MR) is 141 cm³/mol. The fraction of sp³-hybridized carbons (Fsp3) is 0.444. The highest BCUT2D eigenvalue weighted by Crippen LogP contribution is 2.31. The molecule has 1 aliphatic carbocycles. The number of nitrogens with zero attached hydrogens (tertiary/aromatic N) is 2. The number of anilines is 1. The first kappa shape index (κ1) is 26.4. The maximum Gasteiger partial charge on any atom is 0.409 e. The van der Waals surface area contributed by atoms with E-state index in [9.17, 15) is 4.79 Å². The van der Waals surface area contributed by atoms with Crippen LogP contribution in [0.15, 0.2) is 42.6 Å². The highest BCUT2D eigenvalue weighted by Gasteiger charge is 2.14. The summed E-state index contributed by atoms with van der Waals surface area (Å²) in [6.45, 7) is 3.26. The number of fused-ring (bicyclic) bond motifs is 2. The first-order chi connectivity index (χ1) is 18.1. The number of amides is 1. The molecule has 2 aliphatic rings. The van der Waals surface area contributed by atoms with Gasteiger partial charge in [0.15, 0.2) is 11.5 Å². The smallest absolute Gasteiger partial charge is 0.409 e. The molecule has 37 heavy (non-hydrogen) atoms. The highest BCUT2D eigenvalue weighted by atomic mass is 16.6. The summed E-state index contributed by atoms with van der Waals surface area (Å²) in [4.78, 5) is 19.1. The number of rotatable bonds is 8. The number of nitrogens with one attached hydrogen (secondary N) is 2. The zero-order chi connectivity index (χ0) is 25.9. The largest absolute Gasteiger partial charge is 0.486 e. The van der Waals surface area contributed by atoms with Gasteiger partial charge in [0, 0.05) is 24.8 Å². The second-order valence-corrected chi connectivity index (χ2v) is 8.99. The Morgan fingerprint density at radius 3 is 2.68 bits per heavy atom. The average Bonchev–Trinajstić information content (AvgIpc) is 2.93. The molecule has 10 nitrogen and oxygen atoms in total. The van der Waals surface area contributed by atoms with Gasteiger partial charge in [0.1, 0.15) is 18.7 Å². The summed E-state index contributed by atoms with van der Waals surface area (Å²) < 4.78 is 16.6. The van der Waals surface area contributed by atoms with Crippen LogP contribution >= 0.6 is 0 Å². The molecule has 198 valence electrons. The molecule has 1 amide bonds. The molecule has 5 rings (SSSR count). The second kappa shape index (κ2) is 13.6. The lowest BCUT2D eigenvalue weighted by atomic mass is 9.95. The molecule has 10 heteroatoms. The number of carbonyl (C=O) groups is 1. The number of hydrogen-bond acceptors (Lipinski definition) is 8. The van der Waals surface area contributed by atoms with E-state index in [0.29, 0.717) is 55.0 Å². The van der Waals surface area contributed by atoms with Crippen LogP contribution in [0.5, 0.6) is 17.4 Å². The molecule has 3 aromatic rings. The summed E-state index contributed by atoms with van der Waals surface area (Å²) in [5.74, 6) is 2.19.